The van der Waals surface area contributed by atoms with E-state index in [-0.39, 0.29) is 11.1 Å². The molecule has 0 unspecified atom stereocenters. The van der Waals surface area contributed by atoms with Crippen molar-refractivity contribution in [3.63, 3.8) is 0 Å². The summed E-state index contributed by atoms with van der Waals surface area (Å²) in [5, 5.41) is 21.9. The molecule has 0 amide bonds. The molecule has 2 heterocycles. The number of hydrogen-bond donors (Lipinski definition) is 2. The average Bonchev–Trinajstić information content (AvgIpc) is 3.07. The first kappa shape index (κ1) is 15.6. The third-order valence-electron chi connectivity index (χ3n) is 3.58. The Balaban J connectivity index is 1.69. The number of fused-ring (bicyclic) bond motifs is 1. The number of nitrogens with one attached hydrogen (secondary N) is 2. The van der Waals surface area contributed by atoms with Crippen LogP contribution in [0.25, 0.3) is 10.9 Å². The molecule has 0 bridgehead atoms. The van der Waals surface area contributed by atoms with E-state index in [1.54, 1.807) is 12.7 Å². The molecule has 0 atom stereocenters. The molecule has 0 fully saturated rings. The van der Waals surface area contributed by atoms with Gasteiger partial charge >= 0.3 is 0 Å². The number of H-pyrrole nitrogens is 1. The van der Waals surface area contributed by atoms with Crippen molar-refractivity contribution in [2.45, 2.75) is 19.4 Å². The van der Waals surface area contributed by atoms with Gasteiger partial charge in [0.05, 0.1) is 22.2 Å². The maximum Gasteiger partial charge on any atom is 0.293 e. The van der Waals surface area contributed by atoms with Crippen LogP contribution in [0.1, 0.15) is 12.8 Å². The predicted molar refractivity (Wildman–Crippen MR) is 86.8 cm³/mol. The molecule has 2 N–H and O–H groups in total. The molecule has 2 aromatic heterocycles. The lowest BCUT2D eigenvalue weighted by Gasteiger charge is -2.08. The number of benzene rings is 1. The first-order chi connectivity index (χ1) is 11.6. The van der Waals surface area contributed by atoms with E-state index < -0.39 is 10.5 Å². The van der Waals surface area contributed by atoms with Gasteiger partial charge in [0.1, 0.15) is 18.3 Å². The molecule has 0 aliphatic heterocycles. The number of hydrogen-bond acceptors (Lipinski definition) is 7. The fourth-order valence-electron chi connectivity index (χ4n) is 2.38. The Morgan fingerprint density at radius 1 is 1.25 bits per heavy atom. The SMILES string of the molecule is O=c1[nH]cnc2cc(NCCCCn3cnnc3)c([N+](=O)[O-])cc12. The van der Waals surface area contributed by atoms with Gasteiger partial charge in [-0.15, -0.1) is 10.2 Å². The Bertz CT molecular complexity index is 904. The molecular formula is C14H15N7O3. The summed E-state index contributed by atoms with van der Waals surface area (Å²) in [5.41, 5.74) is 0.231. The molecule has 10 nitrogen and oxygen atoms in total. The number of aromatic amines is 1. The molecule has 3 aromatic rings. The Hall–Kier alpha value is -3.30. The second kappa shape index (κ2) is 6.86. The summed E-state index contributed by atoms with van der Waals surface area (Å²) in [4.78, 5) is 28.9. The minimum absolute atomic E-state index is 0.139. The smallest absolute Gasteiger partial charge is 0.293 e. The van der Waals surface area contributed by atoms with Gasteiger partial charge in [0, 0.05) is 19.2 Å². The number of anilines is 1. The second-order valence-electron chi connectivity index (χ2n) is 5.21. The molecule has 0 radical (unpaired) electrons. The quantitative estimate of drug-likeness (QED) is 0.379. The van der Waals surface area contributed by atoms with E-state index in [1.807, 2.05) is 4.57 Å². The van der Waals surface area contributed by atoms with Gasteiger partial charge in [0.25, 0.3) is 11.2 Å². The molecule has 1 aromatic carbocycles. The van der Waals surface area contributed by atoms with Crippen LogP contribution in [-0.4, -0.2) is 36.2 Å². The highest BCUT2D eigenvalue weighted by molar-refractivity contribution is 5.86. The standard InChI is InChI=1S/C14H15N7O3/c22-14-10-5-13(21(23)24)12(6-11(10)16-7-17-14)15-3-1-2-4-20-8-18-19-9-20/h5-9,15H,1-4H2,(H,16,17,22). The minimum atomic E-state index is -0.509. The van der Waals surface area contributed by atoms with Crippen LogP contribution in [0.4, 0.5) is 11.4 Å². The van der Waals surface area contributed by atoms with Gasteiger partial charge in [0.15, 0.2) is 0 Å². The first-order valence-electron chi connectivity index (χ1n) is 7.37. The topological polar surface area (TPSA) is 132 Å². The number of nitro benzene ring substituents is 1. The summed E-state index contributed by atoms with van der Waals surface area (Å²) in [6, 6.07) is 2.78. The minimum Gasteiger partial charge on any atom is -0.379 e. The van der Waals surface area contributed by atoms with Crippen LogP contribution in [-0.2, 0) is 6.54 Å². The highest BCUT2D eigenvalue weighted by Crippen LogP contribution is 2.27. The molecule has 24 heavy (non-hydrogen) atoms. The monoisotopic (exact) mass is 329 g/mol. The Labute approximate surface area is 135 Å². The van der Waals surface area contributed by atoms with E-state index in [2.05, 4.69) is 25.5 Å². The van der Waals surface area contributed by atoms with Crippen LogP contribution < -0.4 is 10.9 Å². The fraction of sp³-hybridized carbons (Fsp3) is 0.286. The van der Waals surface area contributed by atoms with Crippen molar-refractivity contribution in [3.8, 4) is 0 Å². The zero-order chi connectivity index (χ0) is 16.9. The van der Waals surface area contributed by atoms with Gasteiger partial charge in [-0.2, -0.15) is 0 Å². The lowest BCUT2D eigenvalue weighted by molar-refractivity contribution is -0.383. The van der Waals surface area contributed by atoms with Crippen LogP contribution in [0.15, 0.2) is 35.9 Å². The molecule has 0 aliphatic carbocycles. The van der Waals surface area contributed by atoms with Gasteiger partial charge in [-0.3, -0.25) is 14.9 Å². The van der Waals surface area contributed by atoms with Gasteiger partial charge in [-0.05, 0) is 18.9 Å². The largest absolute Gasteiger partial charge is 0.379 e. The zero-order valence-electron chi connectivity index (χ0n) is 12.7. The van der Waals surface area contributed by atoms with Crippen molar-refractivity contribution in [1.82, 2.24) is 24.7 Å². The summed E-state index contributed by atoms with van der Waals surface area (Å²) < 4.78 is 1.87. The molecule has 0 saturated carbocycles. The summed E-state index contributed by atoms with van der Waals surface area (Å²) >= 11 is 0. The lowest BCUT2D eigenvalue weighted by Crippen LogP contribution is -2.09. The normalized spacial score (nSPS) is 10.8. The van der Waals surface area contributed by atoms with Gasteiger partial charge in [0.2, 0.25) is 0 Å². The third kappa shape index (κ3) is 3.37. The maximum atomic E-state index is 11.7. The van der Waals surface area contributed by atoms with Crippen molar-refractivity contribution in [2.75, 3.05) is 11.9 Å². The summed E-state index contributed by atoms with van der Waals surface area (Å²) in [7, 11) is 0. The molecule has 0 saturated heterocycles. The van der Waals surface area contributed by atoms with Crippen LogP contribution in [0, 0.1) is 10.1 Å². The molecule has 0 aliphatic rings. The van der Waals surface area contributed by atoms with E-state index in [0.29, 0.717) is 17.7 Å². The van der Waals surface area contributed by atoms with Crippen molar-refractivity contribution in [3.05, 3.63) is 51.6 Å². The number of rotatable bonds is 7. The Kier molecular flexibility index (Phi) is 4.45. The summed E-state index contributed by atoms with van der Waals surface area (Å²) in [6.07, 6.45) is 6.26. The van der Waals surface area contributed by atoms with E-state index in [9.17, 15) is 14.9 Å². The maximum absolute atomic E-state index is 11.7. The number of unbranched alkanes of at least 4 members (excludes halogenated alkanes) is 1. The highest BCUT2D eigenvalue weighted by atomic mass is 16.6. The van der Waals surface area contributed by atoms with Gasteiger partial charge in [-0.25, -0.2) is 4.98 Å². The molecular weight excluding hydrogens is 314 g/mol. The number of aromatic nitrogens is 5. The third-order valence-corrected chi connectivity index (χ3v) is 3.58. The lowest BCUT2D eigenvalue weighted by atomic mass is 10.2. The Morgan fingerprint density at radius 2 is 2.04 bits per heavy atom. The van der Waals surface area contributed by atoms with E-state index >= 15 is 0 Å². The van der Waals surface area contributed by atoms with Crippen LogP contribution in [0.5, 0.6) is 0 Å². The fourth-order valence-corrected chi connectivity index (χ4v) is 2.38. The van der Waals surface area contributed by atoms with Crippen molar-refractivity contribution >= 4 is 22.3 Å². The highest BCUT2D eigenvalue weighted by Gasteiger charge is 2.16. The van der Waals surface area contributed by atoms with Crippen LogP contribution >= 0.6 is 0 Å². The predicted octanol–water partition coefficient (Wildman–Crippen LogP) is 1.32. The summed E-state index contributed by atoms with van der Waals surface area (Å²) in [5.74, 6) is 0. The van der Waals surface area contributed by atoms with Crippen LogP contribution in [0.2, 0.25) is 0 Å². The molecule has 3 rings (SSSR count). The van der Waals surface area contributed by atoms with E-state index in [4.69, 9.17) is 0 Å². The van der Waals surface area contributed by atoms with Crippen molar-refractivity contribution < 1.29 is 4.92 Å². The number of aryl methyl sites for hydroxylation is 1. The number of nitro groups is 1. The van der Waals surface area contributed by atoms with Gasteiger partial charge in [-0.1, -0.05) is 0 Å². The van der Waals surface area contributed by atoms with Crippen LogP contribution in [0.3, 0.4) is 0 Å². The van der Waals surface area contributed by atoms with Crippen molar-refractivity contribution in [2.24, 2.45) is 0 Å². The Morgan fingerprint density at radius 3 is 2.79 bits per heavy atom. The first-order valence-corrected chi connectivity index (χ1v) is 7.37. The number of nitrogens with zero attached hydrogens (tertiary/aromatic N) is 5. The zero-order valence-corrected chi connectivity index (χ0v) is 12.7. The van der Waals surface area contributed by atoms with E-state index in [0.717, 1.165) is 19.4 Å². The molecule has 0 spiro atoms. The molecule has 10 heteroatoms. The second-order valence-corrected chi connectivity index (χ2v) is 5.21. The van der Waals surface area contributed by atoms with Crippen molar-refractivity contribution in [1.29, 1.82) is 0 Å². The summed E-state index contributed by atoms with van der Waals surface area (Å²) in [6.45, 7) is 1.35. The molecule has 124 valence electrons. The van der Waals surface area contributed by atoms with Gasteiger partial charge < -0.3 is 14.9 Å². The average molecular weight is 329 g/mol. The van der Waals surface area contributed by atoms with E-state index in [1.165, 1.54) is 18.5 Å².